The van der Waals surface area contributed by atoms with Gasteiger partial charge in [0.2, 0.25) is 11.9 Å². The molecule has 0 saturated carbocycles. The molecule has 2 heterocycles. The van der Waals surface area contributed by atoms with E-state index in [9.17, 15) is 9.59 Å². The van der Waals surface area contributed by atoms with Crippen LogP contribution >= 0.6 is 11.8 Å². The average Bonchev–Trinajstić information content (AvgIpc) is 3.27. The van der Waals surface area contributed by atoms with E-state index >= 15 is 0 Å². The summed E-state index contributed by atoms with van der Waals surface area (Å²) >= 11 is 1.33. The van der Waals surface area contributed by atoms with Gasteiger partial charge in [-0.3, -0.25) is 14.2 Å². The fraction of sp³-hybridized carbons (Fsp3) is 0.304. The molecule has 1 aliphatic rings. The van der Waals surface area contributed by atoms with Crippen molar-refractivity contribution in [2.24, 2.45) is 0 Å². The summed E-state index contributed by atoms with van der Waals surface area (Å²) in [6.07, 6.45) is 0. The topological polar surface area (TPSA) is 101 Å². The molecule has 2 aromatic carbocycles. The van der Waals surface area contributed by atoms with Crippen molar-refractivity contribution in [3.8, 4) is 5.69 Å². The van der Waals surface area contributed by atoms with Crippen LogP contribution in [-0.2, 0) is 9.53 Å². The lowest BCUT2D eigenvalue weighted by atomic mass is 10.2. The molecule has 10 heteroatoms. The number of rotatable bonds is 7. The van der Waals surface area contributed by atoms with Gasteiger partial charge in [-0.2, -0.15) is 0 Å². The number of aryl methyl sites for hydroxylation is 1. The van der Waals surface area contributed by atoms with E-state index in [-0.39, 0.29) is 17.6 Å². The lowest BCUT2D eigenvalue weighted by Gasteiger charge is -2.28. The molecule has 9 nitrogen and oxygen atoms in total. The molecule has 1 aliphatic heterocycles. The van der Waals surface area contributed by atoms with E-state index in [0.717, 1.165) is 30.3 Å². The molecule has 0 aliphatic carbocycles. The molecule has 4 rings (SSSR count). The Morgan fingerprint density at radius 3 is 2.48 bits per heavy atom. The Morgan fingerprint density at radius 1 is 1.06 bits per heavy atom. The van der Waals surface area contributed by atoms with Crippen molar-refractivity contribution in [1.29, 1.82) is 0 Å². The second-order valence-corrected chi connectivity index (χ2v) is 8.44. The van der Waals surface area contributed by atoms with E-state index in [0.29, 0.717) is 29.6 Å². The summed E-state index contributed by atoms with van der Waals surface area (Å²) in [6, 6.07) is 14.8. The first kappa shape index (κ1) is 22.8. The molecule has 1 saturated heterocycles. The number of carbonyl (C=O) groups is 2. The highest BCUT2D eigenvalue weighted by molar-refractivity contribution is 7.99. The predicted octanol–water partition coefficient (Wildman–Crippen LogP) is 2.50. The second kappa shape index (κ2) is 10.5. The molecule has 0 unspecified atom stereocenters. The number of aromatic nitrogens is 3. The maximum Gasteiger partial charge on any atom is 0.251 e. The molecule has 1 aromatic heterocycles. The van der Waals surface area contributed by atoms with Crippen LogP contribution in [0.15, 0.2) is 53.7 Å². The monoisotopic (exact) mass is 466 g/mol. The van der Waals surface area contributed by atoms with E-state index in [1.54, 1.807) is 31.3 Å². The summed E-state index contributed by atoms with van der Waals surface area (Å²) in [5.41, 5.74) is 3.24. The van der Waals surface area contributed by atoms with Crippen LogP contribution in [0.1, 0.15) is 15.9 Å². The van der Waals surface area contributed by atoms with Crippen molar-refractivity contribution < 1.29 is 14.3 Å². The first-order chi connectivity index (χ1) is 16.1. The zero-order valence-electron chi connectivity index (χ0n) is 18.6. The quantitative estimate of drug-likeness (QED) is 0.516. The van der Waals surface area contributed by atoms with E-state index < -0.39 is 0 Å². The summed E-state index contributed by atoms with van der Waals surface area (Å²) in [5.74, 6) is 0.583. The number of hydrogen-bond acceptors (Lipinski definition) is 7. The van der Waals surface area contributed by atoms with Gasteiger partial charge in [0, 0.05) is 31.4 Å². The molecule has 0 radical (unpaired) electrons. The summed E-state index contributed by atoms with van der Waals surface area (Å²) in [4.78, 5) is 26.4. The smallest absolute Gasteiger partial charge is 0.251 e. The van der Waals surface area contributed by atoms with Gasteiger partial charge in [-0.15, -0.1) is 10.2 Å². The highest BCUT2D eigenvalue weighted by Crippen LogP contribution is 2.29. The van der Waals surface area contributed by atoms with Crippen molar-refractivity contribution in [2.45, 2.75) is 12.1 Å². The normalized spacial score (nSPS) is 13.6. The highest BCUT2D eigenvalue weighted by atomic mass is 32.2. The molecule has 0 atom stereocenters. The maximum absolute atomic E-state index is 12.6. The Morgan fingerprint density at radius 2 is 1.79 bits per heavy atom. The number of para-hydroxylation sites is 1. The van der Waals surface area contributed by atoms with Crippen LogP contribution in [0, 0.1) is 6.92 Å². The van der Waals surface area contributed by atoms with Gasteiger partial charge < -0.3 is 20.3 Å². The molecular weight excluding hydrogens is 440 g/mol. The van der Waals surface area contributed by atoms with E-state index in [1.165, 1.54) is 11.8 Å². The number of ether oxygens (including phenoxy) is 1. The van der Waals surface area contributed by atoms with Crippen molar-refractivity contribution >= 4 is 35.2 Å². The van der Waals surface area contributed by atoms with Gasteiger partial charge >= 0.3 is 0 Å². The summed E-state index contributed by atoms with van der Waals surface area (Å²) in [5, 5.41) is 14.9. The third-order valence-electron chi connectivity index (χ3n) is 5.26. The average molecular weight is 467 g/mol. The van der Waals surface area contributed by atoms with Gasteiger partial charge in [-0.25, -0.2) is 0 Å². The zero-order valence-corrected chi connectivity index (χ0v) is 19.4. The Kier molecular flexibility index (Phi) is 7.26. The van der Waals surface area contributed by atoms with Gasteiger partial charge in [0.25, 0.3) is 5.91 Å². The largest absolute Gasteiger partial charge is 0.378 e. The molecule has 3 aromatic rings. The highest BCUT2D eigenvalue weighted by Gasteiger charge is 2.23. The maximum atomic E-state index is 12.6. The Balaban J connectivity index is 1.49. The molecule has 0 bridgehead atoms. The molecule has 2 amide bonds. The van der Waals surface area contributed by atoms with Crippen molar-refractivity contribution in [3.05, 3.63) is 59.7 Å². The molecule has 1 fully saturated rings. The van der Waals surface area contributed by atoms with Crippen LogP contribution in [0.2, 0.25) is 0 Å². The first-order valence-electron chi connectivity index (χ1n) is 10.7. The van der Waals surface area contributed by atoms with Crippen LogP contribution in [0.25, 0.3) is 5.69 Å². The zero-order chi connectivity index (χ0) is 23.2. The number of thioether (sulfide) groups is 1. The lowest BCUT2D eigenvalue weighted by molar-refractivity contribution is -0.113. The fourth-order valence-electron chi connectivity index (χ4n) is 3.53. The molecule has 172 valence electrons. The second-order valence-electron chi connectivity index (χ2n) is 7.50. The standard InChI is InChI=1S/C23H26N6O3S/c1-16-5-3-4-6-19(16)29-22(28-11-13-32-14-12-28)26-27-23(29)33-15-20(30)25-18-9-7-17(8-10-18)21(31)24-2/h3-10H,11-15H2,1-2H3,(H,24,31)(H,25,30). The third kappa shape index (κ3) is 5.35. The lowest BCUT2D eigenvalue weighted by Crippen LogP contribution is -2.38. The minimum Gasteiger partial charge on any atom is -0.378 e. The molecule has 33 heavy (non-hydrogen) atoms. The fourth-order valence-corrected chi connectivity index (χ4v) is 4.27. The van der Waals surface area contributed by atoms with Crippen LogP contribution in [-0.4, -0.2) is 65.7 Å². The van der Waals surface area contributed by atoms with Gasteiger partial charge in [-0.1, -0.05) is 30.0 Å². The van der Waals surface area contributed by atoms with E-state index in [1.807, 2.05) is 35.8 Å². The minimum atomic E-state index is -0.171. The van der Waals surface area contributed by atoms with Crippen LogP contribution in [0.4, 0.5) is 11.6 Å². The van der Waals surface area contributed by atoms with Crippen LogP contribution < -0.4 is 15.5 Å². The van der Waals surface area contributed by atoms with Crippen LogP contribution in [0.5, 0.6) is 0 Å². The first-order valence-corrected chi connectivity index (χ1v) is 11.6. The van der Waals surface area contributed by atoms with Gasteiger partial charge in [0.15, 0.2) is 5.16 Å². The number of amides is 2. The van der Waals surface area contributed by atoms with Crippen LogP contribution in [0.3, 0.4) is 0 Å². The Labute approximate surface area is 196 Å². The number of anilines is 2. The van der Waals surface area contributed by atoms with Gasteiger partial charge in [-0.05, 0) is 42.8 Å². The molecule has 0 spiro atoms. The summed E-state index contributed by atoms with van der Waals surface area (Å²) in [6.45, 7) is 4.80. The van der Waals surface area contributed by atoms with E-state index in [2.05, 4.69) is 25.7 Å². The number of benzene rings is 2. The number of morpholine rings is 1. The van der Waals surface area contributed by atoms with Gasteiger partial charge in [0.05, 0.1) is 24.7 Å². The van der Waals surface area contributed by atoms with E-state index in [4.69, 9.17) is 4.74 Å². The summed E-state index contributed by atoms with van der Waals surface area (Å²) in [7, 11) is 1.58. The van der Waals surface area contributed by atoms with Crippen molar-refractivity contribution in [1.82, 2.24) is 20.1 Å². The number of hydrogen-bond donors (Lipinski definition) is 2. The Bertz CT molecular complexity index is 1130. The van der Waals surface area contributed by atoms with Crippen molar-refractivity contribution in [3.63, 3.8) is 0 Å². The molecular formula is C23H26N6O3S. The number of nitrogens with one attached hydrogen (secondary N) is 2. The molecule has 2 N–H and O–H groups in total. The van der Waals surface area contributed by atoms with Gasteiger partial charge in [0.1, 0.15) is 0 Å². The third-order valence-corrected chi connectivity index (χ3v) is 6.19. The number of carbonyl (C=O) groups excluding carboxylic acids is 2. The van der Waals surface area contributed by atoms with Crippen molar-refractivity contribution in [2.75, 3.05) is 49.3 Å². The summed E-state index contributed by atoms with van der Waals surface area (Å²) < 4.78 is 7.49. The number of nitrogens with zero attached hydrogens (tertiary/aromatic N) is 4. The predicted molar refractivity (Wildman–Crippen MR) is 128 cm³/mol. The SMILES string of the molecule is CNC(=O)c1ccc(NC(=O)CSc2nnc(N3CCOCC3)n2-c2ccccc2C)cc1. The minimum absolute atomic E-state index is 0.167. The Hall–Kier alpha value is -3.37.